The van der Waals surface area contributed by atoms with Gasteiger partial charge in [-0.1, -0.05) is 160 Å². The molecule has 0 amide bonds. The molecule has 3 N–H and O–H groups in total. The molecule has 52 heavy (non-hydrogen) atoms. The third-order valence-corrected chi connectivity index (χ3v) is 9.77. The number of carbonyl (C=O) groups is 2. The Hall–Kier alpha value is -1.77. The minimum absolute atomic E-state index is 0.0391. The van der Waals surface area contributed by atoms with Crippen molar-refractivity contribution >= 4 is 19.8 Å². The molecule has 1 unspecified atom stereocenters. The lowest BCUT2D eigenvalue weighted by molar-refractivity contribution is -0.157. The summed E-state index contributed by atoms with van der Waals surface area (Å²) in [6.07, 6.45) is 39.6. The Morgan fingerprint density at radius 3 is 1.75 bits per heavy atom. The summed E-state index contributed by atoms with van der Waals surface area (Å²) < 4.78 is 32.5. The van der Waals surface area contributed by atoms with Crippen molar-refractivity contribution < 1.29 is 37.6 Å². The Kier molecular flexibility index (Phi) is 36.3. The van der Waals surface area contributed by atoms with Crippen molar-refractivity contribution in [2.24, 2.45) is 11.7 Å². The van der Waals surface area contributed by atoms with Gasteiger partial charge in [0, 0.05) is 19.0 Å². The van der Waals surface area contributed by atoms with Gasteiger partial charge >= 0.3 is 19.8 Å². The number of allylic oxidation sites excluding steroid dienone is 5. The summed E-state index contributed by atoms with van der Waals surface area (Å²) >= 11 is 0. The average Bonchev–Trinajstić information content (AvgIpc) is 3.11. The summed E-state index contributed by atoms with van der Waals surface area (Å²) in [4.78, 5) is 34.7. The summed E-state index contributed by atoms with van der Waals surface area (Å²) in [5.74, 6) is -0.277. The van der Waals surface area contributed by atoms with Crippen molar-refractivity contribution in [1.82, 2.24) is 0 Å². The van der Waals surface area contributed by atoms with Crippen LogP contribution in [0.1, 0.15) is 181 Å². The molecular formula is C42H78NO8P. The number of nitrogens with two attached hydrogens (primary N) is 1. The molecule has 0 aromatic carbocycles. The largest absolute Gasteiger partial charge is 0.472 e. The molecule has 0 rings (SSSR count). The van der Waals surface area contributed by atoms with E-state index in [9.17, 15) is 19.0 Å². The van der Waals surface area contributed by atoms with Gasteiger partial charge in [0.15, 0.2) is 6.10 Å². The SMILES string of the molecule is CCCCCCCC/C=C\CCCCCCCC(=O)OC[C@H](COP(=O)(O)OCCN)OC(=O)/C=C/C=C/CCCCCCCCCCCC(C)C. The fourth-order valence-corrected chi connectivity index (χ4v) is 6.43. The van der Waals surface area contributed by atoms with Gasteiger partial charge in [-0.05, 0) is 50.9 Å². The average molecular weight is 756 g/mol. The number of phosphoric acid groups is 1. The number of phosphoric ester groups is 1. The Morgan fingerprint density at radius 1 is 0.673 bits per heavy atom. The van der Waals surface area contributed by atoms with Gasteiger partial charge in [-0.3, -0.25) is 13.8 Å². The third kappa shape index (κ3) is 38.0. The highest BCUT2D eigenvalue weighted by Crippen LogP contribution is 2.43. The van der Waals surface area contributed by atoms with Crippen LogP contribution >= 0.6 is 7.82 Å². The van der Waals surface area contributed by atoms with E-state index in [4.69, 9.17) is 24.3 Å². The van der Waals surface area contributed by atoms with Gasteiger partial charge in [0.25, 0.3) is 0 Å². The predicted molar refractivity (Wildman–Crippen MR) is 215 cm³/mol. The first-order chi connectivity index (χ1) is 25.2. The van der Waals surface area contributed by atoms with Crippen molar-refractivity contribution in [1.29, 1.82) is 0 Å². The third-order valence-electron chi connectivity index (χ3n) is 8.78. The van der Waals surface area contributed by atoms with Gasteiger partial charge in [0.2, 0.25) is 0 Å². The molecule has 0 radical (unpaired) electrons. The number of esters is 2. The molecule has 0 aromatic rings. The van der Waals surface area contributed by atoms with E-state index in [1.807, 2.05) is 6.08 Å². The Balaban J connectivity index is 4.29. The number of rotatable bonds is 38. The number of carbonyl (C=O) groups excluding carboxylic acids is 2. The zero-order valence-corrected chi connectivity index (χ0v) is 34.3. The van der Waals surface area contributed by atoms with Crippen LogP contribution in [0.2, 0.25) is 0 Å². The minimum Gasteiger partial charge on any atom is -0.462 e. The molecule has 0 aliphatic rings. The van der Waals surface area contributed by atoms with E-state index in [2.05, 4.69) is 32.9 Å². The summed E-state index contributed by atoms with van der Waals surface area (Å²) in [5, 5.41) is 0. The summed E-state index contributed by atoms with van der Waals surface area (Å²) in [7, 11) is -4.40. The molecular weight excluding hydrogens is 677 g/mol. The second kappa shape index (κ2) is 37.5. The Bertz CT molecular complexity index is 968. The molecule has 0 saturated carbocycles. The zero-order chi connectivity index (χ0) is 38.4. The lowest BCUT2D eigenvalue weighted by Crippen LogP contribution is -2.29. The lowest BCUT2D eigenvalue weighted by Gasteiger charge is -2.19. The predicted octanol–water partition coefficient (Wildman–Crippen LogP) is 11.6. The van der Waals surface area contributed by atoms with Gasteiger partial charge in [0.1, 0.15) is 6.61 Å². The second-order valence-electron chi connectivity index (χ2n) is 14.4. The molecule has 0 aromatic heterocycles. The van der Waals surface area contributed by atoms with E-state index < -0.39 is 32.5 Å². The molecule has 304 valence electrons. The molecule has 0 fully saturated rings. The maximum atomic E-state index is 12.4. The van der Waals surface area contributed by atoms with Crippen LogP contribution in [-0.2, 0) is 32.7 Å². The Labute approximate surface area is 318 Å². The van der Waals surface area contributed by atoms with Crippen LogP contribution in [0.5, 0.6) is 0 Å². The van der Waals surface area contributed by atoms with E-state index in [0.717, 1.165) is 50.9 Å². The fourth-order valence-electron chi connectivity index (χ4n) is 5.66. The van der Waals surface area contributed by atoms with E-state index in [1.165, 1.54) is 109 Å². The van der Waals surface area contributed by atoms with Crippen LogP contribution in [-0.4, -0.2) is 49.3 Å². The first-order valence-corrected chi connectivity index (χ1v) is 22.4. The van der Waals surface area contributed by atoms with Crippen molar-refractivity contribution in [2.75, 3.05) is 26.4 Å². The standard InChI is InChI=1S/C42H78NO8P/c1-4-5-6-7-8-9-10-11-12-15-18-21-24-27-30-33-41(44)48-37-40(38-50-52(46,47)49-36-35-43)51-42(45)34-31-28-25-22-19-16-13-14-17-20-23-26-29-32-39(2)3/h11-12,25,28,31,34,39-40H,4-10,13-24,26-27,29-30,32-33,35-38,43H2,1-3H3,(H,46,47)/b12-11-,28-25+,34-31+/t40-/m1/s1. The highest BCUT2D eigenvalue weighted by molar-refractivity contribution is 7.47. The summed E-state index contributed by atoms with van der Waals surface area (Å²) in [5.41, 5.74) is 5.33. The Morgan fingerprint density at radius 2 is 1.19 bits per heavy atom. The van der Waals surface area contributed by atoms with E-state index in [0.29, 0.717) is 6.42 Å². The summed E-state index contributed by atoms with van der Waals surface area (Å²) in [6.45, 7) is 5.92. The second-order valence-corrected chi connectivity index (χ2v) is 15.9. The van der Waals surface area contributed by atoms with Crippen molar-refractivity contribution in [3.05, 3.63) is 36.5 Å². The topological polar surface area (TPSA) is 134 Å². The number of hydrogen-bond acceptors (Lipinski definition) is 8. The zero-order valence-electron chi connectivity index (χ0n) is 33.5. The first-order valence-electron chi connectivity index (χ1n) is 20.9. The maximum absolute atomic E-state index is 12.4. The van der Waals surface area contributed by atoms with Gasteiger partial charge < -0.3 is 20.1 Å². The van der Waals surface area contributed by atoms with Crippen LogP contribution in [0.4, 0.5) is 0 Å². The molecule has 0 aliphatic carbocycles. The number of hydrogen-bond donors (Lipinski definition) is 2. The molecule has 9 nitrogen and oxygen atoms in total. The molecule has 2 atom stereocenters. The molecule has 0 heterocycles. The van der Waals surface area contributed by atoms with Gasteiger partial charge in [-0.2, -0.15) is 0 Å². The van der Waals surface area contributed by atoms with Crippen LogP contribution < -0.4 is 5.73 Å². The molecule has 0 spiro atoms. The number of unbranched alkanes of at least 4 members (excludes halogenated alkanes) is 20. The van der Waals surface area contributed by atoms with E-state index in [1.54, 1.807) is 12.2 Å². The monoisotopic (exact) mass is 756 g/mol. The van der Waals surface area contributed by atoms with Crippen LogP contribution in [0.25, 0.3) is 0 Å². The number of ether oxygens (including phenoxy) is 2. The minimum atomic E-state index is -4.40. The molecule has 10 heteroatoms. The first kappa shape index (κ1) is 50.2. The molecule has 0 saturated heterocycles. The van der Waals surface area contributed by atoms with Gasteiger partial charge in [-0.15, -0.1) is 0 Å². The smallest absolute Gasteiger partial charge is 0.462 e. The normalized spacial score (nSPS) is 13.8. The lowest BCUT2D eigenvalue weighted by atomic mass is 10.0. The van der Waals surface area contributed by atoms with Crippen LogP contribution in [0.3, 0.4) is 0 Å². The van der Waals surface area contributed by atoms with E-state index in [-0.39, 0.29) is 26.2 Å². The van der Waals surface area contributed by atoms with Crippen LogP contribution in [0.15, 0.2) is 36.5 Å². The quantitative estimate of drug-likeness (QED) is 0.0158. The van der Waals surface area contributed by atoms with Gasteiger partial charge in [-0.25, -0.2) is 9.36 Å². The highest BCUT2D eigenvalue weighted by Gasteiger charge is 2.25. The maximum Gasteiger partial charge on any atom is 0.472 e. The summed E-state index contributed by atoms with van der Waals surface area (Å²) in [6, 6.07) is 0. The fraction of sp³-hybridized carbons (Fsp3) is 0.810. The molecule has 0 aliphatic heterocycles. The molecule has 0 bridgehead atoms. The van der Waals surface area contributed by atoms with E-state index >= 15 is 0 Å². The van der Waals surface area contributed by atoms with Crippen LogP contribution in [0, 0.1) is 5.92 Å². The van der Waals surface area contributed by atoms with Crippen molar-refractivity contribution in [2.45, 2.75) is 187 Å². The highest BCUT2D eigenvalue weighted by atomic mass is 31.2. The van der Waals surface area contributed by atoms with Crippen molar-refractivity contribution in [3.8, 4) is 0 Å². The van der Waals surface area contributed by atoms with Crippen molar-refractivity contribution in [3.63, 3.8) is 0 Å². The van der Waals surface area contributed by atoms with Gasteiger partial charge in [0.05, 0.1) is 13.2 Å².